The summed E-state index contributed by atoms with van der Waals surface area (Å²) in [6, 6.07) is 7.80. The number of hydrogen-bond donors (Lipinski definition) is 1. The molecule has 7 heteroatoms. The third-order valence-corrected chi connectivity index (χ3v) is 5.73. The summed E-state index contributed by atoms with van der Waals surface area (Å²) in [7, 11) is 3.20. The molecule has 28 heavy (non-hydrogen) atoms. The monoisotopic (exact) mass is 401 g/mol. The van der Waals surface area contributed by atoms with Gasteiger partial charge in [-0.25, -0.2) is 4.98 Å². The minimum Gasteiger partial charge on any atom is -0.496 e. The van der Waals surface area contributed by atoms with Crippen molar-refractivity contribution in [2.24, 2.45) is 5.92 Å². The lowest BCUT2D eigenvalue weighted by molar-refractivity contribution is 0.203. The van der Waals surface area contributed by atoms with E-state index in [9.17, 15) is 5.11 Å². The van der Waals surface area contributed by atoms with E-state index in [1.807, 2.05) is 22.9 Å². The number of imidazole rings is 1. The Kier molecular flexibility index (Phi) is 5.33. The van der Waals surface area contributed by atoms with Crippen LogP contribution in [0.25, 0.3) is 16.9 Å². The Morgan fingerprint density at radius 2 is 1.89 bits per heavy atom. The number of nitrogens with zero attached hydrogens (tertiary/aromatic N) is 3. The highest BCUT2D eigenvalue weighted by molar-refractivity contribution is 6.32. The number of benzene rings is 1. The predicted molar refractivity (Wildman–Crippen MR) is 111 cm³/mol. The Morgan fingerprint density at radius 3 is 2.57 bits per heavy atom. The number of aliphatic hydroxyl groups excluding tert-OH is 1. The Bertz CT molecular complexity index is 980. The summed E-state index contributed by atoms with van der Waals surface area (Å²) in [6.45, 7) is 2.19. The molecule has 4 rings (SSSR count). The molecule has 3 heterocycles. The molecule has 0 amide bonds. The van der Waals surface area contributed by atoms with E-state index >= 15 is 0 Å². The van der Waals surface area contributed by atoms with Crippen LogP contribution in [-0.4, -0.2) is 48.4 Å². The Balaban J connectivity index is 1.67. The molecule has 1 fully saturated rings. The predicted octanol–water partition coefficient (Wildman–Crippen LogP) is 3.88. The molecule has 0 unspecified atom stereocenters. The van der Waals surface area contributed by atoms with Crippen molar-refractivity contribution >= 4 is 22.9 Å². The minimum absolute atomic E-state index is 0.281. The van der Waals surface area contributed by atoms with Gasteiger partial charge in [0.25, 0.3) is 0 Å². The number of anilines is 1. The number of halogens is 1. The van der Waals surface area contributed by atoms with E-state index in [1.165, 1.54) is 0 Å². The maximum absolute atomic E-state index is 9.34. The number of rotatable bonds is 5. The standard InChI is InChI=1S/C21H24ClN3O3/c1-27-19-11-20(28-2)17(22)10-16(19)18-12-25-8-5-15(9-21(25)23-18)24-6-3-14(13-26)4-7-24/h5,8-12,14,26H,3-4,6-7,13H2,1-2H3. The van der Waals surface area contributed by atoms with Crippen LogP contribution in [0, 0.1) is 5.92 Å². The van der Waals surface area contributed by atoms with E-state index in [0.717, 1.165) is 48.5 Å². The van der Waals surface area contributed by atoms with Gasteiger partial charge in [0.05, 0.1) is 24.9 Å². The third-order valence-electron chi connectivity index (χ3n) is 5.43. The maximum Gasteiger partial charge on any atom is 0.141 e. The fourth-order valence-electron chi connectivity index (χ4n) is 3.73. The van der Waals surface area contributed by atoms with Gasteiger partial charge in [0.15, 0.2) is 0 Å². The van der Waals surface area contributed by atoms with Gasteiger partial charge in [-0.15, -0.1) is 0 Å². The Hall–Kier alpha value is -2.44. The minimum atomic E-state index is 0.281. The molecule has 3 aromatic rings. The van der Waals surface area contributed by atoms with Gasteiger partial charge in [-0.2, -0.15) is 0 Å². The summed E-state index contributed by atoms with van der Waals surface area (Å²) in [5.41, 5.74) is 3.63. The van der Waals surface area contributed by atoms with Crippen LogP contribution in [0.5, 0.6) is 11.5 Å². The summed E-state index contributed by atoms with van der Waals surface area (Å²) in [6.07, 6.45) is 6.03. The second kappa shape index (κ2) is 7.89. The third kappa shape index (κ3) is 3.50. The van der Waals surface area contributed by atoms with E-state index in [2.05, 4.69) is 17.0 Å². The first kappa shape index (κ1) is 18.9. The largest absolute Gasteiger partial charge is 0.496 e. The molecule has 0 atom stereocenters. The Morgan fingerprint density at radius 1 is 1.14 bits per heavy atom. The first-order valence-electron chi connectivity index (χ1n) is 9.39. The van der Waals surface area contributed by atoms with Crippen molar-refractivity contribution in [1.82, 2.24) is 9.38 Å². The van der Waals surface area contributed by atoms with Crippen LogP contribution in [-0.2, 0) is 0 Å². The van der Waals surface area contributed by atoms with E-state index < -0.39 is 0 Å². The maximum atomic E-state index is 9.34. The zero-order valence-electron chi connectivity index (χ0n) is 16.1. The van der Waals surface area contributed by atoms with Crippen molar-refractivity contribution in [2.75, 3.05) is 38.8 Å². The molecule has 0 radical (unpaired) electrons. The average Bonchev–Trinajstić information content (AvgIpc) is 3.16. The molecule has 148 valence electrons. The summed E-state index contributed by atoms with van der Waals surface area (Å²) in [5.74, 6) is 1.65. The topological polar surface area (TPSA) is 59.2 Å². The van der Waals surface area contributed by atoms with Crippen LogP contribution < -0.4 is 14.4 Å². The molecule has 1 N–H and O–H groups in total. The lowest BCUT2D eigenvalue weighted by atomic mass is 9.97. The van der Waals surface area contributed by atoms with Gasteiger partial charge in [0.1, 0.15) is 17.1 Å². The number of aromatic nitrogens is 2. The number of methoxy groups -OCH3 is 2. The van der Waals surface area contributed by atoms with Crippen LogP contribution >= 0.6 is 11.6 Å². The first-order valence-corrected chi connectivity index (χ1v) is 9.77. The van der Waals surface area contributed by atoms with Gasteiger partial charge >= 0.3 is 0 Å². The van der Waals surface area contributed by atoms with E-state index in [0.29, 0.717) is 22.4 Å². The van der Waals surface area contributed by atoms with Crippen molar-refractivity contribution in [3.8, 4) is 22.8 Å². The van der Waals surface area contributed by atoms with Gasteiger partial charge in [0, 0.05) is 55.5 Å². The highest BCUT2D eigenvalue weighted by atomic mass is 35.5. The van der Waals surface area contributed by atoms with Gasteiger partial charge in [0.2, 0.25) is 0 Å². The molecule has 1 saturated heterocycles. The van der Waals surface area contributed by atoms with Crippen molar-refractivity contribution in [3.63, 3.8) is 0 Å². The highest BCUT2D eigenvalue weighted by Crippen LogP contribution is 2.38. The zero-order chi connectivity index (χ0) is 19.7. The van der Waals surface area contributed by atoms with Crippen LogP contribution in [0.2, 0.25) is 5.02 Å². The van der Waals surface area contributed by atoms with Gasteiger partial charge in [-0.3, -0.25) is 0 Å². The second-order valence-corrected chi connectivity index (χ2v) is 7.48. The number of fused-ring (bicyclic) bond motifs is 1. The molecule has 1 aliphatic heterocycles. The quantitative estimate of drug-likeness (QED) is 0.703. The van der Waals surface area contributed by atoms with E-state index in [-0.39, 0.29) is 6.61 Å². The fraction of sp³-hybridized carbons (Fsp3) is 0.381. The summed E-state index contributed by atoms with van der Waals surface area (Å²) >= 11 is 6.32. The van der Waals surface area contributed by atoms with E-state index in [1.54, 1.807) is 20.3 Å². The van der Waals surface area contributed by atoms with Crippen LogP contribution in [0.15, 0.2) is 36.7 Å². The van der Waals surface area contributed by atoms with Crippen LogP contribution in [0.1, 0.15) is 12.8 Å². The normalized spacial score (nSPS) is 15.2. The van der Waals surface area contributed by atoms with Gasteiger partial charge in [-0.05, 0) is 30.9 Å². The molecule has 2 aromatic heterocycles. The summed E-state index contributed by atoms with van der Waals surface area (Å²) in [5, 5.41) is 9.85. The van der Waals surface area contributed by atoms with Gasteiger partial charge in [-0.1, -0.05) is 11.6 Å². The summed E-state index contributed by atoms with van der Waals surface area (Å²) in [4.78, 5) is 7.14. The smallest absolute Gasteiger partial charge is 0.141 e. The van der Waals surface area contributed by atoms with Crippen molar-refractivity contribution in [3.05, 3.63) is 41.7 Å². The molecular formula is C21H24ClN3O3. The molecule has 0 bridgehead atoms. The average molecular weight is 402 g/mol. The SMILES string of the molecule is COc1cc(OC)c(-c2cn3ccc(N4CCC(CO)CC4)cc3n2)cc1Cl. The first-order chi connectivity index (χ1) is 13.6. The Labute approximate surface area is 169 Å². The number of hydrogen-bond acceptors (Lipinski definition) is 5. The van der Waals surface area contributed by atoms with Crippen LogP contribution in [0.4, 0.5) is 5.69 Å². The second-order valence-electron chi connectivity index (χ2n) is 7.08. The molecular weight excluding hydrogens is 378 g/mol. The molecule has 0 saturated carbocycles. The molecule has 0 spiro atoms. The molecule has 1 aliphatic rings. The van der Waals surface area contributed by atoms with E-state index in [4.69, 9.17) is 26.1 Å². The number of piperidine rings is 1. The van der Waals surface area contributed by atoms with Crippen LogP contribution in [0.3, 0.4) is 0 Å². The fourth-order valence-corrected chi connectivity index (χ4v) is 3.97. The molecule has 6 nitrogen and oxygen atoms in total. The number of pyridine rings is 1. The number of ether oxygens (including phenoxy) is 2. The lowest BCUT2D eigenvalue weighted by Gasteiger charge is -2.32. The molecule has 0 aliphatic carbocycles. The highest BCUT2D eigenvalue weighted by Gasteiger charge is 2.20. The summed E-state index contributed by atoms with van der Waals surface area (Å²) < 4.78 is 12.8. The van der Waals surface area contributed by atoms with Gasteiger partial charge < -0.3 is 23.9 Å². The van der Waals surface area contributed by atoms with Crippen molar-refractivity contribution in [1.29, 1.82) is 0 Å². The molecule has 1 aromatic carbocycles. The number of aliphatic hydroxyl groups is 1. The van der Waals surface area contributed by atoms with Crippen molar-refractivity contribution < 1.29 is 14.6 Å². The zero-order valence-corrected chi connectivity index (χ0v) is 16.8. The lowest BCUT2D eigenvalue weighted by Crippen LogP contribution is -2.34. The van der Waals surface area contributed by atoms with Crippen molar-refractivity contribution in [2.45, 2.75) is 12.8 Å².